The van der Waals surface area contributed by atoms with Crippen LogP contribution in [0.2, 0.25) is 0 Å². The molecule has 0 aliphatic carbocycles. The van der Waals surface area contributed by atoms with Gasteiger partial charge >= 0.3 is 11.9 Å². The molecule has 1 aromatic heterocycles. The summed E-state index contributed by atoms with van der Waals surface area (Å²) in [5, 5.41) is 4.25. The molecule has 0 unspecified atom stereocenters. The predicted octanol–water partition coefficient (Wildman–Crippen LogP) is 3.18. The van der Waals surface area contributed by atoms with Gasteiger partial charge in [-0.15, -0.1) is 5.10 Å². The third kappa shape index (κ3) is 3.10. The molecule has 0 amide bonds. The van der Waals surface area contributed by atoms with Crippen LogP contribution in [0.25, 0.3) is 5.69 Å². The minimum Gasteiger partial charge on any atom is -0.281 e. The third-order valence-corrected chi connectivity index (χ3v) is 3.71. The fraction of sp³-hybridized carbons (Fsp3) is 0.176. The number of rotatable bonds is 3. The number of nitrogens with zero attached hydrogens (tertiary/aromatic N) is 3. The largest absolute Gasteiger partial charge is 0.416 e. The van der Waals surface area contributed by atoms with Crippen LogP contribution in [-0.4, -0.2) is 14.3 Å². The number of hydrogen-bond acceptors (Lipinski definition) is 2. The minimum absolute atomic E-state index is 0.294. The van der Waals surface area contributed by atoms with Crippen molar-refractivity contribution in [3.05, 3.63) is 82.0 Å². The standard InChI is InChI=1S/C17H14F3N3O/c1-22-15(11-12-5-3-2-4-6-12)21-23(16(22)24)14-9-7-13(8-10-14)17(18,19)20/h2-10H,11H2,1H3. The van der Waals surface area contributed by atoms with E-state index in [2.05, 4.69) is 5.10 Å². The predicted molar refractivity (Wildman–Crippen MR) is 83.1 cm³/mol. The van der Waals surface area contributed by atoms with Gasteiger partial charge in [0.05, 0.1) is 11.3 Å². The average Bonchev–Trinajstić information content (AvgIpc) is 2.84. The summed E-state index contributed by atoms with van der Waals surface area (Å²) in [6.45, 7) is 0. The molecular formula is C17H14F3N3O. The van der Waals surface area contributed by atoms with Gasteiger partial charge in [-0.1, -0.05) is 30.3 Å². The van der Waals surface area contributed by atoms with Crippen LogP contribution in [-0.2, 0) is 19.6 Å². The number of benzene rings is 2. The summed E-state index contributed by atoms with van der Waals surface area (Å²) in [6, 6.07) is 13.9. The highest BCUT2D eigenvalue weighted by atomic mass is 19.4. The van der Waals surface area contributed by atoms with Crippen molar-refractivity contribution < 1.29 is 13.2 Å². The highest BCUT2D eigenvalue weighted by Crippen LogP contribution is 2.29. The van der Waals surface area contributed by atoms with Crippen LogP contribution in [0.3, 0.4) is 0 Å². The molecule has 124 valence electrons. The lowest BCUT2D eigenvalue weighted by Crippen LogP contribution is -2.22. The molecule has 24 heavy (non-hydrogen) atoms. The van der Waals surface area contributed by atoms with E-state index in [0.29, 0.717) is 17.9 Å². The smallest absolute Gasteiger partial charge is 0.281 e. The Labute approximate surface area is 135 Å². The lowest BCUT2D eigenvalue weighted by atomic mass is 10.1. The second-order valence-electron chi connectivity index (χ2n) is 5.38. The fourth-order valence-electron chi connectivity index (χ4n) is 2.37. The maximum atomic E-state index is 12.6. The van der Waals surface area contributed by atoms with Crippen molar-refractivity contribution in [2.75, 3.05) is 0 Å². The van der Waals surface area contributed by atoms with Crippen molar-refractivity contribution in [2.24, 2.45) is 7.05 Å². The monoisotopic (exact) mass is 333 g/mol. The molecule has 0 aliphatic rings. The molecule has 0 N–H and O–H groups in total. The first-order valence-corrected chi connectivity index (χ1v) is 7.23. The van der Waals surface area contributed by atoms with Gasteiger partial charge in [0, 0.05) is 13.5 Å². The molecule has 0 atom stereocenters. The molecular weight excluding hydrogens is 319 g/mol. The van der Waals surface area contributed by atoms with Gasteiger partial charge in [-0.2, -0.15) is 17.9 Å². The Morgan fingerprint density at radius 3 is 2.21 bits per heavy atom. The van der Waals surface area contributed by atoms with Crippen molar-refractivity contribution in [3.8, 4) is 5.69 Å². The van der Waals surface area contributed by atoms with Gasteiger partial charge in [0.25, 0.3) is 0 Å². The zero-order chi connectivity index (χ0) is 17.3. The molecule has 2 aromatic carbocycles. The topological polar surface area (TPSA) is 39.8 Å². The molecule has 4 nitrogen and oxygen atoms in total. The van der Waals surface area contributed by atoms with Crippen molar-refractivity contribution in [1.29, 1.82) is 0 Å². The molecule has 0 aliphatic heterocycles. The van der Waals surface area contributed by atoms with E-state index in [0.717, 1.165) is 22.4 Å². The summed E-state index contributed by atoms with van der Waals surface area (Å²) in [6.07, 6.45) is -3.95. The first-order chi connectivity index (χ1) is 11.4. The maximum absolute atomic E-state index is 12.6. The molecule has 3 rings (SSSR count). The molecule has 7 heteroatoms. The van der Waals surface area contributed by atoms with E-state index >= 15 is 0 Å². The van der Waals surface area contributed by atoms with Crippen LogP contribution in [0.15, 0.2) is 59.4 Å². The number of alkyl halides is 3. The van der Waals surface area contributed by atoms with E-state index in [-0.39, 0.29) is 0 Å². The number of halogens is 3. The highest BCUT2D eigenvalue weighted by molar-refractivity contribution is 5.34. The Hall–Kier alpha value is -2.83. The first kappa shape index (κ1) is 16.0. The number of hydrogen-bond donors (Lipinski definition) is 0. The normalized spacial score (nSPS) is 11.7. The SMILES string of the molecule is Cn1c(Cc2ccccc2)nn(-c2ccc(C(F)(F)F)cc2)c1=O. The van der Waals surface area contributed by atoms with E-state index in [1.54, 1.807) is 7.05 Å². The van der Waals surface area contributed by atoms with Gasteiger partial charge in [-0.05, 0) is 29.8 Å². The fourth-order valence-corrected chi connectivity index (χ4v) is 2.37. The van der Waals surface area contributed by atoms with Gasteiger partial charge < -0.3 is 0 Å². The molecule has 0 saturated carbocycles. The van der Waals surface area contributed by atoms with Crippen molar-refractivity contribution in [2.45, 2.75) is 12.6 Å². The van der Waals surface area contributed by atoms with Crippen LogP contribution < -0.4 is 5.69 Å². The Kier molecular flexibility index (Phi) is 4.01. The van der Waals surface area contributed by atoms with Gasteiger partial charge in [0.1, 0.15) is 5.82 Å². The van der Waals surface area contributed by atoms with Crippen LogP contribution in [0, 0.1) is 0 Å². The number of aromatic nitrogens is 3. The van der Waals surface area contributed by atoms with Crippen molar-refractivity contribution in [3.63, 3.8) is 0 Å². The van der Waals surface area contributed by atoms with Crippen LogP contribution in [0.4, 0.5) is 13.2 Å². The summed E-state index contributed by atoms with van der Waals surface area (Å²) in [5.74, 6) is 0.533. The Balaban J connectivity index is 1.95. The summed E-state index contributed by atoms with van der Waals surface area (Å²) < 4.78 is 40.4. The maximum Gasteiger partial charge on any atom is 0.416 e. The van der Waals surface area contributed by atoms with Gasteiger partial charge in [-0.25, -0.2) is 4.79 Å². The third-order valence-electron chi connectivity index (χ3n) is 3.71. The zero-order valence-electron chi connectivity index (χ0n) is 12.8. The first-order valence-electron chi connectivity index (χ1n) is 7.23. The van der Waals surface area contributed by atoms with Gasteiger partial charge in [0.2, 0.25) is 0 Å². The highest BCUT2D eigenvalue weighted by Gasteiger charge is 2.30. The summed E-state index contributed by atoms with van der Waals surface area (Å²) in [7, 11) is 1.59. The van der Waals surface area contributed by atoms with Gasteiger partial charge in [0.15, 0.2) is 0 Å². The average molecular weight is 333 g/mol. The quantitative estimate of drug-likeness (QED) is 0.738. The Morgan fingerprint density at radius 1 is 1.00 bits per heavy atom. The van der Waals surface area contributed by atoms with Crippen molar-refractivity contribution >= 4 is 0 Å². The lowest BCUT2D eigenvalue weighted by molar-refractivity contribution is -0.137. The van der Waals surface area contributed by atoms with Crippen LogP contribution in [0.1, 0.15) is 17.0 Å². The van der Waals surface area contributed by atoms with E-state index in [1.807, 2.05) is 30.3 Å². The van der Waals surface area contributed by atoms with E-state index in [4.69, 9.17) is 0 Å². The summed E-state index contributed by atoms with van der Waals surface area (Å²) >= 11 is 0. The molecule has 1 heterocycles. The minimum atomic E-state index is -4.41. The second kappa shape index (κ2) is 5.99. The Morgan fingerprint density at radius 2 is 1.62 bits per heavy atom. The van der Waals surface area contributed by atoms with E-state index in [1.165, 1.54) is 16.7 Å². The van der Waals surface area contributed by atoms with E-state index in [9.17, 15) is 18.0 Å². The Bertz CT molecular complexity index is 894. The molecule has 0 fully saturated rings. The van der Waals surface area contributed by atoms with Crippen LogP contribution >= 0.6 is 0 Å². The molecule has 0 spiro atoms. The molecule has 3 aromatic rings. The van der Waals surface area contributed by atoms with E-state index < -0.39 is 17.4 Å². The van der Waals surface area contributed by atoms with Crippen molar-refractivity contribution in [1.82, 2.24) is 14.3 Å². The molecule has 0 bridgehead atoms. The van der Waals surface area contributed by atoms with Gasteiger partial charge in [-0.3, -0.25) is 4.57 Å². The summed E-state index contributed by atoms with van der Waals surface area (Å²) in [4.78, 5) is 12.3. The summed E-state index contributed by atoms with van der Waals surface area (Å²) in [5.41, 5.74) is 0.119. The van der Waals surface area contributed by atoms with Crippen LogP contribution in [0.5, 0.6) is 0 Å². The lowest BCUT2D eigenvalue weighted by Gasteiger charge is -2.06. The molecule has 0 radical (unpaired) electrons. The molecule has 0 saturated heterocycles. The zero-order valence-corrected chi connectivity index (χ0v) is 12.8. The second-order valence-corrected chi connectivity index (χ2v) is 5.38.